The number of hydrogen-bond acceptors (Lipinski definition) is 7. The highest BCUT2D eigenvalue weighted by Crippen LogP contribution is 2.18. The molecule has 28 heavy (non-hydrogen) atoms. The standard InChI is InChI=1S/C17H24N6O4S/c1-9-5-20-12(7-28-9)16(26)22-11(4-10-6-19-8-21-10)17(27)23-3-2-13(24)14(23)15(18)25/h6,8-9,11-12,14,20H,2-5,7H2,1H3,(H2,18,25)(H,19,21)(H,22,26)/t9?,11-,12?,14-/m0/s1. The first-order chi connectivity index (χ1) is 13.4. The van der Waals surface area contributed by atoms with Crippen molar-refractivity contribution in [3.05, 3.63) is 18.2 Å². The molecule has 4 atom stereocenters. The van der Waals surface area contributed by atoms with E-state index in [-0.39, 0.29) is 31.1 Å². The fraction of sp³-hybridized carbons (Fsp3) is 0.588. The molecule has 0 aromatic carbocycles. The molecule has 2 aliphatic rings. The molecule has 1 aromatic rings. The molecule has 3 rings (SSSR count). The number of nitrogens with zero attached hydrogens (tertiary/aromatic N) is 2. The second-order valence-corrected chi connectivity index (χ2v) is 8.47. The summed E-state index contributed by atoms with van der Waals surface area (Å²) in [5, 5.41) is 6.36. The van der Waals surface area contributed by atoms with Crippen molar-refractivity contribution in [2.24, 2.45) is 5.73 Å². The summed E-state index contributed by atoms with van der Waals surface area (Å²) in [6.45, 7) is 2.88. The van der Waals surface area contributed by atoms with E-state index >= 15 is 0 Å². The van der Waals surface area contributed by atoms with Crippen molar-refractivity contribution in [2.75, 3.05) is 18.8 Å². The second-order valence-electron chi connectivity index (χ2n) is 7.00. The number of primary amides is 1. The van der Waals surface area contributed by atoms with E-state index in [1.165, 1.54) is 6.33 Å². The van der Waals surface area contributed by atoms with E-state index in [0.717, 1.165) is 4.90 Å². The minimum Gasteiger partial charge on any atom is -0.367 e. The van der Waals surface area contributed by atoms with Gasteiger partial charge in [-0.05, 0) is 0 Å². The average Bonchev–Trinajstić information content (AvgIpc) is 3.30. The summed E-state index contributed by atoms with van der Waals surface area (Å²) in [7, 11) is 0. The Kier molecular flexibility index (Phi) is 6.35. The number of aromatic amines is 1. The van der Waals surface area contributed by atoms with Crippen molar-refractivity contribution < 1.29 is 19.2 Å². The first-order valence-electron chi connectivity index (χ1n) is 9.12. The summed E-state index contributed by atoms with van der Waals surface area (Å²) < 4.78 is 0. The molecule has 11 heteroatoms. The van der Waals surface area contributed by atoms with Crippen LogP contribution >= 0.6 is 11.8 Å². The van der Waals surface area contributed by atoms with Crippen molar-refractivity contribution in [1.82, 2.24) is 25.5 Å². The number of ketones is 1. The van der Waals surface area contributed by atoms with Crippen LogP contribution in [0.5, 0.6) is 0 Å². The maximum absolute atomic E-state index is 13.1. The summed E-state index contributed by atoms with van der Waals surface area (Å²) in [6.07, 6.45) is 3.27. The van der Waals surface area contributed by atoms with Crippen molar-refractivity contribution >= 4 is 35.3 Å². The Morgan fingerprint density at radius 2 is 2.25 bits per heavy atom. The van der Waals surface area contributed by atoms with Gasteiger partial charge in [0.15, 0.2) is 11.8 Å². The lowest BCUT2D eigenvalue weighted by Gasteiger charge is -2.30. The quantitative estimate of drug-likeness (QED) is 0.405. The number of nitrogens with two attached hydrogens (primary N) is 1. The van der Waals surface area contributed by atoms with Gasteiger partial charge in [-0.1, -0.05) is 6.92 Å². The maximum atomic E-state index is 13.1. The molecular formula is C17H24N6O4S. The van der Waals surface area contributed by atoms with Crippen molar-refractivity contribution in [2.45, 2.75) is 43.1 Å². The van der Waals surface area contributed by atoms with Gasteiger partial charge in [0, 0.05) is 48.8 Å². The smallest absolute Gasteiger partial charge is 0.247 e. The van der Waals surface area contributed by atoms with E-state index in [4.69, 9.17) is 5.73 Å². The monoisotopic (exact) mass is 408 g/mol. The maximum Gasteiger partial charge on any atom is 0.247 e. The molecular weight excluding hydrogens is 384 g/mol. The topological polar surface area (TPSA) is 150 Å². The minimum atomic E-state index is -1.28. The van der Waals surface area contributed by atoms with Crippen LogP contribution in [0.25, 0.3) is 0 Å². The molecule has 5 N–H and O–H groups in total. The van der Waals surface area contributed by atoms with Crippen molar-refractivity contribution in [1.29, 1.82) is 0 Å². The number of likely N-dealkylation sites (tertiary alicyclic amines) is 1. The van der Waals surface area contributed by atoms with Crippen LogP contribution in [0, 0.1) is 0 Å². The van der Waals surface area contributed by atoms with Gasteiger partial charge in [0.05, 0.1) is 12.4 Å². The fourth-order valence-electron chi connectivity index (χ4n) is 3.36. The molecule has 2 fully saturated rings. The van der Waals surface area contributed by atoms with Crippen LogP contribution in [0.1, 0.15) is 19.0 Å². The van der Waals surface area contributed by atoms with Gasteiger partial charge in [0.25, 0.3) is 0 Å². The summed E-state index contributed by atoms with van der Waals surface area (Å²) in [5.41, 5.74) is 5.97. The van der Waals surface area contributed by atoms with Crippen LogP contribution in [-0.4, -0.2) is 80.6 Å². The van der Waals surface area contributed by atoms with Crippen LogP contribution in [-0.2, 0) is 25.6 Å². The number of nitrogens with one attached hydrogen (secondary N) is 3. The van der Waals surface area contributed by atoms with E-state index in [2.05, 4.69) is 27.5 Å². The number of imidazole rings is 1. The molecule has 0 aliphatic carbocycles. The summed E-state index contributed by atoms with van der Waals surface area (Å²) in [5.74, 6) is -1.44. The lowest BCUT2D eigenvalue weighted by Crippen LogP contribution is -2.58. The number of carbonyl (C=O) groups is 4. The largest absolute Gasteiger partial charge is 0.367 e. The zero-order chi connectivity index (χ0) is 20.3. The van der Waals surface area contributed by atoms with Gasteiger partial charge in [0.2, 0.25) is 17.7 Å². The highest BCUT2D eigenvalue weighted by Gasteiger charge is 2.42. The van der Waals surface area contributed by atoms with Crippen molar-refractivity contribution in [3.63, 3.8) is 0 Å². The van der Waals surface area contributed by atoms with Crippen LogP contribution in [0.3, 0.4) is 0 Å². The summed E-state index contributed by atoms with van der Waals surface area (Å²) >= 11 is 1.68. The predicted molar refractivity (Wildman–Crippen MR) is 102 cm³/mol. The van der Waals surface area contributed by atoms with Gasteiger partial charge >= 0.3 is 0 Å². The minimum absolute atomic E-state index is 0.0722. The fourth-order valence-corrected chi connectivity index (χ4v) is 4.37. The molecule has 2 saturated heterocycles. The Balaban J connectivity index is 1.74. The molecule has 10 nitrogen and oxygen atoms in total. The van der Waals surface area contributed by atoms with Crippen LogP contribution < -0.4 is 16.4 Å². The Bertz CT molecular complexity index is 747. The Hall–Kier alpha value is -2.40. The number of Topliss-reactive ketones (excluding diaryl/α,β-unsaturated/α-hetero) is 1. The molecule has 0 radical (unpaired) electrons. The first kappa shape index (κ1) is 20.3. The molecule has 1 aromatic heterocycles. The van der Waals surface area contributed by atoms with Crippen LogP contribution in [0.4, 0.5) is 0 Å². The molecule has 3 amide bonds. The van der Waals surface area contributed by atoms with E-state index < -0.39 is 29.9 Å². The van der Waals surface area contributed by atoms with E-state index in [9.17, 15) is 19.2 Å². The van der Waals surface area contributed by atoms with E-state index in [1.54, 1.807) is 18.0 Å². The number of aromatic nitrogens is 2. The number of amides is 3. The zero-order valence-corrected chi connectivity index (χ0v) is 16.3. The number of rotatable bonds is 6. The van der Waals surface area contributed by atoms with E-state index in [0.29, 0.717) is 23.2 Å². The molecule has 3 heterocycles. The third kappa shape index (κ3) is 4.53. The molecule has 0 spiro atoms. The third-order valence-electron chi connectivity index (χ3n) is 4.88. The van der Waals surface area contributed by atoms with Gasteiger partial charge in [-0.25, -0.2) is 4.98 Å². The Morgan fingerprint density at radius 3 is 2.86 bits per heavy atom. The normalized spacial score (nSPS) is 26.1. The SMILES string of the molecule is CC1CNC(C(=O)N[C@@H](Cc2cnc[nH]2)C(=O)N2CCC(=O)[C@H]2C(N)=O)CS1. The third-order valence-corrected chi connectivity index (χ3v) is 6.14. The van der Waals surface area contributed by atoms with Gasteiger partial charge < -0.3 is 26.3 Å². The molecule has 2 unspecified atom stereocenters. The van der Waals surface area contributed by atoms with Crippen LogP contribution in [0.15, 0.2) is 12.5 Å². The average molecular weight is 408 g/mol. The lowest BCUT2D eigenvalue weighted by atomic mass is 10.1. The van der Waals surface area contributed by atoms with Gasteiger partial charge in [-0.15, -0.1) is 0 Å². The summed E-state index contributed by atoms with van der Waals surface area (Å²) in [6, 6.07) is -2.63. The van der Waals surface area contributed by atoms with Gasteiger partial charge in [-0.2, -0.15) is 11.8 Å². The highest BCUT2D eigenvalue weighted by molar-refractivity contribution is 8.00. The Labute approximate surface area is 166 Å². The number of hydrogen-bond donors (Lipinski definition) is 4. The van der Waals surface area contributed by atoms with Crippen molar-refractivity contribution in [3.8, 4) is 0 Å². The van der Waals surface area contributed by atoms with Gasteiger partial charge in [0.1, 0.15) is 6.04 Å². The van der Waals surface area contributed by atoms with Gasteiger partial charge in [-0.3, -0.25) is 19.2 Å². The molecule has 0 saturated carbocycles. The second kappa shape index (κ2) is 8.74. The molecule has 2 aliphatic heterocycles. The zero-order valence-electron chi connectivity index (χ0n) is 15.5. The van der Waals surface area contributed by atoms with Crippen LogP contribution in [0.2, 0.25) is 0 Å². The molecule has 0 bridgehead atoms. The number of H-pyrrole nitrogens is 1. The molecule has 152 valence electrons. The lowest BCUT2D eigenvalue weighted by molar-refractivity contribution is -0.143. The number of thioether (sulfide) groups is 1. The number of carbonyl (C=O) groups excluding carboxylic acids is 4. The van der Waals surface area contributed by atoms with E-state index in [1.807, 2.05) is 0 Å². The predicted octanol–water partition coefficient (Wildman–Crippen LogP) is -1.81. The Morgan fingerprint density at radius 1 is 1.46 bits per heavy atom. The summed E-state index contributed by atoms with van der Waals surface area (Å²) in [4.78, 5) is 57.4. The first-order valence-corrected chi connectivity index (χ1v) is 10.2. The highest BCUT2D eigenvalue weighted by atomic mass is 32.2.